The van der Waals surface area contributed by atoms with Crippen molar-refractivity contribution in [3.63, 3.8) is 0 Å². The SMILES string of the molecule is CC1CCN(CCN(Cc2ccc(Cl)cc2)C(=O)c2ccccc2Br)CC1. The van der Waals surface area contributed by atoms with Crippen LogP contribution in [0.25, 0.3) is 0 Å². The average Bonchev–Trinajstić information content (AvgIpc) is 2.68. The third-order valence-corrected chi connectivity index (χ3v) is 6.18. The number of piperidine rings is 1. The molecule has 0 unspecified atom stereocenters. The Morgan fingerprint density at radius 3 is 2.48 bits per heavy atom. The van der Waals surface area contributed by atoms with Crippen LogP contribution in [0.3, 0.4) is 0 Å². The summed E-state index contributed by atoms with van der Waals surface area (Å²) in [4.78, 5) is 17.6. The third-order valence-electron chi connectivity index (χ3n) is 5.24. The van der Waals surface area contributed by atoms with Crippen molar-refractivity contribution in [2.75, 3.05) is 26.2 Å². The molecule has 0 saturated carbocycles. The Kier molecular flexibility index (Phi) is 7.33. The Balaban J connectivity index is 1.72. The molecule has 27 heavy (non-hydrogen) atoms. The fourth-order valence-corrected chi connectivity index (χ4v) is 4.00. The summed E-state index contributed by atoms with van der Waals surface area (Å²) in [5.74, 6) is 0.871. The van der Waals surface area contributed by atoms with Gasteiger partial charge in [0.15, 0.2) is 0 Å². The number of nitrogens with zero attached hydrogens (tertiary/aromatic N) is 2. The molecule has 2 aromatic rings. The maximum absolute atomic E-state index is 13.2. The van der Waals surface area contributed by atoms with Gasteiger partial charge in [-0.15, -0.1) is 0 Å². The molecule has 1 aliphatic rings. The van der Waals surface area contributed by atoms with Crippen molar-refractivity contribution in [2.45, 2.75) is 26.3 Å². The van der Waals surface area contributed by atoms with Crippen LogP contribution in [-0.4, -0.2) is 41.9 Å². The summed E-state index contributed by atoms with van der Waals surface area (Å²) >= 11 is 9.53. The summed E-state index contributed by atoms with van der Waals surface area (Å²) in [6.07, 6.45) is 2.49. The number of rotatable bonds is 6. The summed E-state index contributed by atoms with van der Waals surface area (Å²) in [5, 5.41) is 0.713. The lowest BCUT2D eigenvalue weighted by atomic mass is 9.99. The zero-order chi connectivity index (χ0) is 19.2. The first-order chi connectivity index (χ1) is 13.0. The molecule has 1 fully saturated rings. The smallest absolute Gasteiger partial charge is 0.255 e. The standard InChI is InChI=1S/C22H26BrClN2O/c1-17-10-12-25(13-11-17)14-15-26(16-18-6-8-19(24)9-7-18)22(27)20-4-2-3-5-21(20)23/h2-9,17H,10-16H2,1H3. The fraction of sp³-hybridized carbons (Fsp3) is 0.409. The van der Waals surface area contributed by atoms with Gasteiger partial charge in [-0.3, -0.25) is 4.79 Å². The van der Waals surface area contributed by atoms with Crippen LogP contribution < -0.4 is 0 Å². The number of halogens is 2. The molecule has 0 atom stereocenters. The fourth-order valence-electron chi connectivity index (χ4n) is 3.42. The lowest BCUT2D eigenvalue weighted by molar-refractivity contribution is 0.0708. The maximum atomic E-state index is 13.2. The van der Waals surface area contributed by atoms with E-state index in [1.165, 1.54) is 12.8 Å². The predicted molar refractivity (Wildman–Crippen MR) is 115 cm³/mol. The first-order valence-corrected chi connectivity index (χ1v) is 10.7. The Hall–Kier alpha value is -1.36. The molecule has 0 N–H and O–H groups in total. The van der Waals surface area contributed by atoms with Crippen molar-refractivity contribution < 1.29 is 4.79 Å². The highest BCUT2D eigenvalue weighted by molar-refractivity contribution is 9.10. The van der Waals surface area contributed by atoms with Crippen molar-refractivity contribution in [2.24, 2.45) is 5.92 Å². The molecule has 1 saturated heterocycles. The second-order valence-electron chi connectivity index (χ2n) is 7.36. The minimum Gasteiger partial charge on any atom is -0.333 e. The van der Waals surface area contributed by atoms with Crippen molar-refractivity contribution in [3.05, 3.63) is 69.2 Å². The second kappa shape index (κ2) is 9.72. The van der Waals surface area contributed by atoms with Gasteiger partial charge >= 0.3 is 0 Å². The quantitative estimate of drug-likeness (QED) is 0.583. The maximum Gasteiger partial charge on any atom is 0.255 e. The molecular formula is C22H26BrClN2O. The van der Waals surface area contributed by atoms with Crippen LogP contribution in [0.1, 0.15) is 35.7 Å². The van der Waals surface area contributed by atoms with Crippen LogP contribution in [0.15, 0.2) is 53.0 Å². The van der Waals surface area contributed by atoms with Gasteiger partial charge in [0.25, 0.3) is 5.91 Å². The number of likely N-dealkylation sites (tertiary alicyclic amines) is 1. The number of hydrogen-bond donors (Lipinski definition) is 0. The van der Waals surface area contributed by atoms with Crippen LogP contribution in [-0.2, 0) is 6.54 Å². The molecule has 0 aliphatic carbocycles. The summed E-state index contributed by atoms with van der Waals surface area (Å²) in [6.45, 7) is 6.79. The molecule has 2 aromatic carbocycles. The van der Waals surface area contributed by atoms with Crippen molar-refractivity contribution >= 4 is 33.4 Å². The molecular weight excluding hydrogens is 424 g/mol. The van der Waals surface area contributed by atoms with E-state index in [-0.39, 0.29) is 5.91 Å². The van der Waals surface area contributed by atoms with Gasteiger partial charge in [-0.05, 0) is 77.6 Å². The molecule has 144 valence electrons. The average molecular weight is 450 g/mol. The van der Waals surface area contributed by atoms with Gasteiger partial charge in [-0.2, -0.15) is 0 Å². The van der Waals surface area contributed by atoms with Gasteiger partial charge in [-0.1, -0.05) is 42.8 Å². The Labute approximate surface area is 175 Å². The molecule has 1 aliphatic heterocycles. The molecule has 3 rings (SSSR count). The van der Waals surface area contributed by atoms with E-state index in [9.17, 15) is 4.79 Å². The summed E-state index contributed by atoms with van der Waals surface area (Å²) in [7, 11) is 0. The van der Waals surface area contributed by atoms with Crippen LogP contribution in [0, 0.1) is 5.92 Å². The van der Waals surface area contributed by atoms with Crippen molar-refractivity contribution in [3.8, 4) is 0 Å². The number of hydrogen-bond acceptors (Lipinski definition) is 2. The van der Waals surface area contributed by atoms with Gasteiger partial charge in [0.1, 0.15) is 0 Å². The Bertz CT molecular complexity index is 757. The predicted octanol–water partition coefficient (Wildman–Crippen LogP) is 5.48. The Morgan fingerprint density at radius 2 is 1.81 bits per heavy atom. The highest BCUT2D eigenvalue weighted by atomic mass is 79.9. The minimum absolute atomic E-state index is 0.0582. The molecule has 1 amide bonds. The van der Waals surface area contributed by atoms with Gasteiger partial charge in [0.2, 0.25) is 0 Å². The molecule has 0 spiro atoms. The minimum atomic E-state index is 0.0582. The van der Waals surface area contributed by atoms with E-state index >= 15 is 0 Å². The van der Waals surface area contributed by atoms with Crippen molar-refractivity contribution in [1.82, 2.24) is 9.80 Å². The molecule has 0 aromatic heterocycles. The van der Waals surface area contributed by atoms with Crippen LogP contribution in [0.4, 0.5) is 0 Å². The molecule has 5 heteroatoms. The Morgan fingerprint density at radius 1 is 1.15 bits per heavy atom. The zero-order valence-electron chi connectivity index (χ0n) is 15.7. The van der Waals surface area contributed by atoms with Crippen LogP contribution in [0.2, 0.25) is 5.02 Å². The van der Waals surface area contributed by atoms with Crippen LogP contribution in [0.5, 0.6) is 0 Å². The summed E-state index contributed by atoms with van der Waals surface area (Å²) in [6, 6.07) is 15.4. The summed E-state index contributed by atoms with van der Waals surface area (Å²) in [5.41, 5.74) is 1.80. The number of amides is 1. The van der Waals surface area contributed by atoms with Crippen molar-refractivity contribution in [1.29, 1.82) is 0 Å². The van der Waals surface area contributed by atoms with E-state index in [0.29, 0.717) is 17.1 Å². The van der Waals surface area contributed by atoms with E-state index in [4.69, 9.17) is 11.6 Å². The van der Waals surface area contributed by atoms with E-state index in [0.717, 1.165) is 42.1 Å². The highest BCUT2D eigenvalue weighted by Crippen LogP contribution is 2.21. The normalized spacial score (nSPS) is 15.7. The first kappa shape index (κ1) is 20.4. The lowest BCUT2D eigenvalue weighted by Crippen LogP contribution is -2.41. The van der Waals surface area contributed by atoms with E-state index < -0.39 is 0 Å². The van der Waals surface area contributed by atoms with E-state index in [1.807, 2.05) is 53.4 Å². The van der Waals surface area contributed by atoms with Gasteiger partial charge in [0, 0.05) is 29.1 Å². The zero-order valence-corrected chi connectivity index (χ0v) is 18.0. The third kappa shape index (κ3) is 5.81. The topological polar surface area (TPSA) is 23.6 Å². The number of carbonyl (C=O) groups is 1. The van der Waals surface area contributed by atoms with E-state index in [2.05, 4.69) is 27.8 Å². The monoisotopic (exact) mass is 448 g/mol. The largest absolute Gasteiger partial charge is 0.333 e. The van der Waals surface area contributed by atoms with Gasteiger partial charge in [-0.25, -0.2) is 0 Å². The molecule has 0 radical (unpaired) electrons. The summed E-state index contributed by atoms with van der Waals surface area (Å²) < 4.78 is 0.836. The second-order valence-corrected chi connectivity index (χ2v) is 8.65. The molecule has 0 bridgehead atoms. The number of carbonyl (C=O) groups excluding carboxylic acids is 1. The van der Waals surface area contributed by atoms with E-state index in [1.54, 1.807) is 0 Å². The molecule has 1 heterocycles. The first-order valence-electron chi connectivity index (χ1n) is 9.53. The molecule has 3 nitrogen and oxygen atoms in total. The van der Waals surface area contributed by atoms with Gasteiger partial charge < -0.3 is 9.80 Å². The lowest BCUT2D eigenvalue weighted by Gasteiger charge is -2.32. The van der Waals surface area contributed by atoms with Gasteiger partial charge in [0.05, 0.1) is 5.56 Å². The van der Waals surface area contributed by atoms with Crippen LogP contribution >= 0.6 is 27.5 Å². The number of benzene rings is 2. The highest BCUT2D eigenvalue weighted by Gasteiger charge is 2.21.